The zero-order valence-electron chi connectivity index (χ0n) is 24.7. The first-order valence-electron chi connectivity index (χ1n) is 13.9. The number of hydrogen-bond donors (Lipinski definition) is 2. The molecule has 1 aliphatic carbocycles. The molecular formula is C34H36ClF3N2O3S. The topological polar surface area (TPSA) is 83.6 Å². The number of terminal acetylenes is 1. The Bertz CT molecular complexity index is 1530. The van der Waals surface area contributed by atoms with Gasteiger partial charge < -0.3 is 15.7 Å². The quantitative estimate of drug-likeness (QED) is 0.168. The van der Waals surface area contributed by atoms with Crippen LogP contribution in [0.3, 0.4) is 0 Å². The van der Waals surface area contributed by atoms with Gasteiger partial charge in [-0.2, -0.15) is 13.2 Å². The van der Waals surface area contributed by atoms with Crippen LogP contribution in [0.15, 0.2) is 66.7 Å². The van der Waals surface area contributed by atoms with Crippen molar-refractivity contribution in [3.8, 4) is 29.7 Å². The Morgan fingerprint density at radius 2 is 1.43 bits per heavy atom. The molecule has 1 heterocycles. The van der Waals surface area contributed by atoms with E-state index in [1.807, 2.05) is 24.3 Å². The lowest BCUT2D eigenvalue weighted by Crippen LogP contribution is -2.25. The number of carbonyl (C=O) groups excluding carboxylic acids is 2. The smallest absolute Gasteiger partial charge is 0.454 e. The molecule has 0 aliphatic heterocycles. The normalized spacial score (nSPS) is 12.4. The number of rotatable bonds is 5. The van der Waals surface area contributed by atoms with Gasteiger partial charge in [0.1, 0.15) is 10.6 Å². The van der Waals surface area contributed by atoms with Gasteiger partial charge in [-0.1, -0.05) is 98.7 Å². The zero-order chi connectivity index (χ0) is 32.9. The van der Waals surface area contributed by atoms with E-state index in [0.29, 0.717) is 26.6 Å². The fourth-order valence-corrected chi connectivity index (χ4v) is 6.09. The SMILES string of the molecule is C#C.C1CCCCC1.CN.CN(Cc1cc(-c2ccc(C(=O)C(F)(F)F)cc2)ccc1O)C(=O)c1sc2ccccc2c1Cl. The highest BCUT2D eigenvalue weighted by atomic mass is 35.5. The van der Waals surface area contributed by atoms with E-state index in [-0.39, 0.29) is 18.2 Å². The average molecular weight is 645 g/mol. The minimum atomic E-state index is -4.94. The minimum Gasteiger partial charge on any atom is -0.508 e. The summed E-state index contributed by atoms with van der Waals surface area (Å²) in [5, 5.41) is 11.5. The highest BCUT2D eigenvalue weighted by Gasteiger charge is 2.39. The summed E-state index contributed by atoms with van der Waals surface area (Å²) in [6.07, 6.45) is 12.1. The van der Waals surface area contributed by atoms with Gasteiger partial charge in [-0.3, -0.25) is 9.59 Å². The minimum absolute atomic E-state index is 0.0327. The van der Waals surface area contributed by atoms with Crippen LogP contribution in [0.2, 0.25) is 5.02 Å². The second-order valence-electron chi connectivity index (χ2n) is 9.77. The largest absolute Gasteiger partial charge is 0.508 e. The number of benzene rings is 3. The van der Waals surface area contributed by atoms with Gasteiger partial charge in [0.25, 0.3) is 11.7 Å². The first-order valence-corrected chi connectivity index (χ1v) is 15.1. The van der Waals surface area contributed by atoms with Crippen molar-refractivity contribution in [2.24, 2.45) is 5.73 Å². The van der Waals surface area contributed by atoms with Crippen molar-refractivity contribution < 1.29 is 27.9 Å². The molecule has 5 rings (SSSR count). The first-order chi connectivity index (χ1) is 21.1. The molecule has 234 valence electrons. The van der Waals surface area contributed by atoms with Crippen molar-refractivity contribution >= 4 is 44.7 Å². The number of nitrogens with two attached hydrogens (primary N) is 1. The molecule has 3 N–H and O–H groups in total. The van der Waals surface area contributed by atoms with Gasteiger partial charge in [0.05, 0.1) is 5.02 Å². The van der Waals surface area contributed by atoms with Crippen LogP contribution in [0.5, 0.6) is 5.75 Å². The molecule has 1 aromatic heterocycles. The van der Waals surface area contributed by atoms with Crippen molar-refractivity contribution in [2.75, 3.05) is 14.1 Å². The summed E-state index contributed by atoms with van der Waals surface area (Å²) in [7, 11) is 3.09. The molecule has 1 fully saturated rings. The number of alkyl halides is 3. The first kappa shape index (κ1) is 36.4. The van der Waals surface area contributed by atoms with E-state index < -0.39 is 17.5 Å². The maximum atomic E-state index is 13.0. The molecular weight excluding hydrogens is 609 g/mol. The molecule has 4 aromatic rings. The van der Waals surface area contributed by atoms with Gasteiger partial charge in [0, 0.05) is 34.8 Å². The Balaban J connectivity index is 0.000000586. The van der Waals surface area contributed by atoms with Crippen molar-refractivity contribution in [3.05, 3.63) is 87.8 Å². The average Bonchev–Trinajstić information content (AvgIpc) is 3.40. The second kappa shape index (κ2) is 17.5. The predicted molar refractivity (Wildman–Crippen MR) is 174 cm³/mol. The zero-order valence-corrected chi connectivity index (χ0v) is 26.2. The third kappa shape index (κ3) is 9.58. The van der Waals surface area contributed by atoms with E-state index >= 15 is 0 Å². The molecule has 1 amide bonds. The summed E-state index contributed by atoms with van der Waals surface area (Å²) in [5.74, 6) is -2.24. The Morgan fingerprint density at radius 1 is 0.909 bits per heavy atom. The van der Waals surface area contributed by atoms with Crippen LogP contribution < -0.4 is 5.73 Å². The lowest BCUT2D eigenvalue weighted by Gasteiger charge is -2.18. The number of Topliss-reactive ketones (excluding diaryl/α,β-unsaturated/α-hetero) is 1. The van der Waals surface area contributed by atoms with E-state index in [0.717, 1.165) is 22.2 Å². The molecule has 1 saturated carbocycles. The predicted octanol–water partition coefficient (Wildman–Crippen LogP) is 9.11. The van der Waals surface area contributed by atoms with Crippen LogP contribution in [-0.2, 0) is 6.54 Å². The Kier molecular flexibility index (Phi) is 14.4. The summed E-state index contributed by atoms with van der Waals surface area (Å²) < 4.78 is 38.8. The van der Waals surface area contributed by atoms with Crippen LogP contribution in [0.1, 0.15) is 64.1 Å². The molecule has 10 heteroatoms. The number of ketones is 1. The lowest BCUT2D eigenvalue weighted by molar-refractivity contribution is -0.0885. The number of hydrogen-bond acceptors (Lipinski definition) is 5. The van der Waals surface area contributed by atoms with Crippen LogP contribution in [0, 0.1) is 12.8 Å². The number of thiophene rings is 1. The number of fused-ring (bicyclic) bond motifs is 1. The summed E-state index contributed by atoms with van der Waals surface area (Å²) >= 11 is 7.71. The van der Waals surface area contributed by atoms with Gasteiger partial charge in [-0.25, -0.2) is 0 Å². The summed E-state index contributed by atoms with van der Waals surface area (Å²) in [5.41, 5.74) is 5.66. The maximum Gasteiger partial charge on any atom is 0.454 e. The highest BCUT2D eigenvalue weighted by Crippen LogP contribution is 2.36. The highest BCUT2D eigenvalue weighted by molar-refractivity contribution is 7.21. The molecule has 5 nitrogen and oxygen atoms in total. The fourth-order valence-electron chi connectivity index (χ4n) is 4.58. The van der Waals surface area contributed by atoms with E-state index in [1.165, 1.54) is 80.0 Å². The van der Waals surface area contributed by atoms with E-state index in [9.17, 15) is 27.9 Å². The number of phenols is 1. The number of aromatic hydroxyl groups is 1. The van der Waals surface area contributed by atoms with Crippen molar-refractivity contribution in [2.45, 2.75) is 51.2 Å². The van der Waals surface area contributed by atoms with Crippen LogP contribution in [-0.4, -0.2) is 42.0 Å². The monoisotopic (exact) mass is 644 g/mol. The Hall–Kier alpha value is -3.84. The molecule has 1 aliphatic rings. The van der Waals surface area contributed by atoms with Gasteiger partial charge in [0.2, 0.25) is 0 Å². The number of carbonyl (C=O) groups is 2. The van der Waals surface area contributed by atoms with Crippen LogP contribution >= 0.6 is 22.9 Å². The van der Waals surface area contributed by atoms with Crippen molar-refractivity contribution in [1.82, 2.24) is 4.90 Å². The summed E-state index contributed by atoms with van der Waals surface area (Å²) in [6.45, 7) is 0.0771. The molecule has 0 bridgehead atoms. The van der Waals surface area contributed by atoms with Crippen LogP contribution in [0.4, 0.5) is 13.2 Å². The molecule has 0 atom stereocenters. The molecule has 0 saturated heterocycles. The molecule has 0 spiro atoms. The summed E-state index contributed by atoms with van der Waals surface area (Å²) in [6, 6.07) is 17.1. The molecule has 0 unspecified atom stereocenters. The molecule has 0 radical (unpaired) electrons. The maximum absolute atomic E-state index is 13.0. The van der Waals surface area contributed by atoms with Gasteiger partial charge in [-0.15, -0.1) is 24.2 Å². The van der Waals surface area contributed by atoms with Gasteiger partial charge in [0.15, 0.2) is 0 Å². The Morgan fingerprint density at radius 3 is 1.95 bits per heavy atom. The standard InChI is InChI=1S/C25H17ClF3NO3S.C6H12.C2H2.CH5N/c1-30(24(33)22-21(26)18-4-2-3-5-20(18)34-22)13-17-12-16(10-11-19(17)31)14-6-8-15(9-7-14)23(32)25(27,28)29;1-2-4-6-5-3-1;2*1-2/h2-12,31H,13H2,1H3;1-6H2;1-2H;2H2,1H3. The number of nitrogens with zero attached hydrogens (tertiary/aromatic N) is 1. The number of halogens is 4. The van der Waals surface area contributed by atoms with Gasteiger partial charge >= 0.3 is 6.18 Å². The van der Waals surface area contributed by atoms with E-state index in [4.69, 9.17) is 11.6 Å². The lowest BCUT2D eigenvalue weighted by atomic mass is 10.00. The number of phenolic OH excluding ortho intramolecular Hbond substituents is 1. The van der Waals surface area contributed by atoms with Crippen LogP contribution in [0.25, 0.3) is 21.2 Å². The van der Waals surface area contributed by atoms with E-state index in [2.05, 4.69) is 18.6 Å². The van der Waals surface area contributed by atoms with Gasteiger partial charge in [-0.05, 0) is 36.4 Å². The summed E-state index contributed by atoms with van der Waals surface area (Å²) in [4.78, 5) is 26.3. The van der Waals surface area contributed by atoms with Crippen molar-refractivity contribution in [3.63, 3.8) is 0 Å². The van der Waals surface area contributed by atoms with Crippen molar-refractivity contribution in [1.29, 1.82) is 0 Å². The third-order valence-corrected chi connectivity index (χ3v) is 8.46. The van der Waals surface area contributed by atoms with E-state index in [1.54, 1.807) is 19.2 Å². The molecule has 44 heavy (non-hydrogen) atoms. The third-order valence-electron chi connectivity index (χ3n) is 6.80. The number of amides is 1. The fraction of sp³-hybridized carbons (Fsp3) is 0.294. The molecule has 3 aromatic carbocycles. The Labute approximate surface area is 265 Å². The second-order valence-corrected chi connectivity index (χ2v) is 11.2.